The largest absolute Gasteiger partial charge is 0.465 e. The number of benzene rings is 1. The van der Waals surface area contributed by atoms with Crippen LogP contribution in [0.2, 0.25) is 0 Å². The van der Waals surface area contributed by atoms with Crippen LogP contribution in [0.4, 0.5) is 0 Å². The molecule has 0 saturated carbocycles. The number of aromatic nitrogens is 1. The molecule has 0 saturated heterocycles. The maximum Gasteiger partial charge on any atom is 0.337 e. The van der Waals surface area contributed by atoms with Crippen LogP contribution in [0.3, 0.4) is 0 Å². The number of ether oxygens (including phenoxy) is 1. The lowest BCUT2D eigenvalue weighted by Crippen LogP contribution is -2.12. The maximum absolute atomic E-state index is 11.3. The molecule has 4 nitrogen and oxygen atoms in total. The lowest BCUT2D eigenvalue weighted by molar-refractivity contribution is 0.0601. The molecule has 108 valence electrons. The van der Waals surface area contributed by atoms with Crippen molar-refractivity contribution >= 4 is 12.0 Å². The molecule has 0 amide bonds. The van der Waals surface area contributed by atoms with E-state index in [1.54, 1.807) is 18.3 Å². The predicted molar refractivity (Wildman–Crippen MR) is 82.8 cm³/mol. The van der Waals surface area contributed by atoms with Crippen LogP contribution in [-0.2, 0) is 11.3 Å². The van der Waals surface area contributed by atoms with Crippen molar-refractivity contribution in [2.45, 2.75) is 6.54 Å². The number of esters is 1. The van der Waals surface area contributed by atoms with Crippen molar-refractivity contribution in [3.05, 3.63) is 71.6 Å². The molecule has 4 heteroatoms. The van der Waals surface area contributed by atoms with Gasteiger partial charge < -0.3 is 10.1 Å². The average Bonchev–Trinajstić information content (AvgIpc) is 2.55. The highest BCUT2D eigenvalue weighted by molar-refractivity contribution is 5.89. The average molecular weight is 282 g/mol. The molecular formula is C17H18N2O2. The maximum atomic E-state index is 11.3. The van der Waals surface area contributed by atoms with Gasteiger partial charge in [-0.1, -0.05) is 30.4 Å². The van der Waals surface area contributed by atoms with Crippen LogP contribution in [0.5, 0.6) is 0 Å². The molecular weight excluding hydrogens is 264 g/mol. The lowest BCUT2D eigenvalue weighted by Gasteiger charge is -2.01. The Bertz CT molecular complexity index is 592. The zero-order chi connectivity index (χ0) is 14.9. The quantitative estimate of drug-likeness (QED) is 0.654. The van der Waals surface area contributed by atoms with Gasteiger partial charge in [0.25, 0.3) is 0 Å². The summed E-state index contributed by atoms with van der Waals surface area (Å²) in [7, 11) is 1.38. The fourth-order valence-corrected chi connectivity index (χ4v) is 1.85. The Balaban J connectivity index is 1.78. The second-order valence-electron chi connectivity index (χ2n) is 4.51. The number of carbonyl (C=O) groups excluding carboxylic acids is 1. The fourth-order valence-electron chi connectivity index (χ4n) is 1.85. The number of methoxy groups -OCH3 is 1. The van der Waals surface area contributed by atoms with Crippen LogP contribution >= 0.6 is 0 Å². The highest BCUT2D eigenvalue weighted by Gasteiger charge is 2.02. The van der Waals surface area contributed by atoms with Gasteiger partial charge in [-0.2, -0.15) is 0 Å². The van der Waals surface area contributed by atoms with E-state index < -0.39 is 0 Å². The number of hydrogen-bond donors (Lipinski definition) is 1. The van der Waals surface area contributed by atoms with Crippen molar-refractivity contribution in [3.63, 3.8) is 0 Å². The van der Waals surface area contributed by atoms with E-state index in [0.717, 1.165) is 24.2 Å². The van der Waals surface area contributed by atoms with E-state index in [9.17, 15) is 4.79 Å². The normalized spacial score (nSPS) is 10.7. The SMILES string of the molecule is COC(=O)c1ccc(C=CCNCc2cccnc2)cc1. The highest BCUT2D eigenvalue weighted by Crippen LogP contribution is 2.07. The van der Waals surface area contributed by atoms with Crippen LogP contribution < -0.4 is 5.32 Å². The Labute approximate surface area is 124 Å². The standard InChI is InChI=1S/C17H18N2O2/c1-21-17(20)16-8-6-14(7-9-16)4-2-10-18-12-15-5-3-11-19-13-15/h2-9,11,13,18H,10,12H2,1H3. The summed E-state index contributed by atoms with van der Waals surface area (Å²) in [4.78, 5) is 15.4. The minimum absolute atomic E-state index is 0.316. The lowest BCUT2D eigenvalue weighted by atomic mass is 10.1. The third-order valence-electron chi connectivity index (χ3n) is 2.96. The Hall–Kier alpha value is -2.46. The fraction of sp³-hybridized carbons (Fsp3) is 0.176. The topological polar surface area (TPSA) is 51.2 Å². The minimum atomic E-state index is -0.316. The number of nitrogens with one attached hydrogen (secondary N) is 1. The van der Waals surface area contributed by atoms with Crippen LogP contribution in [0, 0.1) is 0 Å². The smallest absolute Gasteiger partial charge is 0.337 e. The van der Waals surface area contributed by atoms with Gasteiger partial charge in [-0.25, -0.2) is 4.79 Å². The molecule has 0 aliphatic rings. The molecule has 0 bridgehead atoms. The van der Waals surface area contributed by atoms with Crippen molar-refractivity contribution in [1.29, 1.82) is 0 Å². The van der Waals surface area contributed by atoms with E-state index >= 15 is 0 Å². The molecule has 0 aliphatic carbocycles. The molecule has 1 N–H and O–H groups in total. The van der Waals surface area contributed by atoms with Gasteiger partial charge in [-0.3, -0.25) is 4.98 Å². The summed E-state index contributed by atoms with van der Waals surface area (Å²) in [5.74, 6) is -0.316. The first-order valence-corrected chi connectivity index (χ1v) is 6.74. The zero-order valence-electron chi connectivity index (χ0n) is 12.0. The Morgan fingerprint density at radius 2 is 2.10 bits per heavy atom. The summed E-state index contributed by atoms with van der Waals surface area (Å²) in [5.41, 5.74) is 2.77. The van der Waals surface area contributed by atoms with Crippen LogP contribution in [0.15, 0.2) is 54.9 Å². The molecule has 0 spiro atoms. The van der Waals surface area contributed by atoms with Gasteiger partial charge >= 0.3 is 5.97 Å². The second-order valence-corrected chi connectivity index (χ2v) is 4.51. The molecule has 0 atom stereocenters. The Kier molecular flexibility index (Phi) is 5.67. The first-order chi connectivity index (χ1) is 10.3. The zero-order valence-corrected chi connectivity index (χ0v) is 12.0. The van der Waals surface area contributed by atoms with E-state index in [4.69, 9.17) is 0 Å². The van der Waals surface area contributed by atoms with Gasteiger partial charge in [0.15, 0.2) is 0 Å². The molecule has 0 fully saturated rings. The van der Waals surface area contributed by atoms with Crippen molar-refractivity contribution in [3.8, 4) is 0 Å². The molecule has 1 aromatic heterocycles. The molecule has 1 aromatic carbocycles. The predicted octanol–water partition coefficient (Wildman–Crippen LogP) is 2.67. The Morgan fingerprint density at radius 1 is 1.29 bits per heavy atom. The van der Waals surface area contributed by atoms with Crippen LogP contribution in [-0.4, -0.2) is 24.6 Å². The van der Waals surface area contributed by atoms with Crippen molar-refractivity contribution in [2.75, 3.05) is 13.7 Å². The number of pyridine rings is 1. The third-order valence-corrected chi connectivity index (χ3v) is 2.96. The van der Waals surface area contributed by atoms with Crippen molar-refractivity contribution in [2.24, 2.45) is 0 Å². The Morgan fingerprint density at radius 3 is 2.76 bits per heavy atom. The molecule has 1 heterocycles. The summed E-state index contributed by atoms with van der Waals surface area (Å²) in [6.45, 7) is 1.56. The van der Waals surface area contributed by atoms with Crippen LogP contribution in [0.1, 0.15) is 21.5 Å². The van der Waals surface area contributed by atoms with Crippen molar-refractivity contribution < 1.29 is 9.53 Å². The van der Waals surface area contributed by atoms with Gasteiger partial charge in [-0.05, 0) is 29.3 Å². The first-order valence-electron chi connectivity index (χ1n) is 6.74. The van der Waals surface area contributed by atoms with Crippen molar-refractivity contribution in [1.82, 2.24) is 10.3 Å². The van der Waals surface area contributed by atoms with E-state index in [-0.39, 0.29) is 5.97 Å². The molecule has 2 rings (SSSR count). The minimum Gasteiger partial charge on any atom is -0.465 e. The second kappa shape index (κ2) is 7.97. The first kappa shape index (κ1) is 14.9. The van der Waals surface area contributed by atoms with Gasteiger partial charge in [-0.15, -0.1) is 0 Å². The third kappa shape index (κ3) is 4.85. The number of nitrogens with zero attached hydrogens (tertiary/aromatic N) is 1. The van der Waals surface area contributed by atoms with Gasteiger partial charge in [0.05, 0.1) is 12.7 Å². The number of hydrogen-bond acceptors (Lipinski definition) is 4. The highest BCUT2D eigenvalue weighted by atomic mass is 16.5. The molecule has 2 aromatic rings. The van der Waals surface area contributed by atoms with E-state index in [1.807, 2.05) is 42.6 Å². The summed E-state index contributed by atoms with van der Waals surface area (Å²) in [5, 5.41) is 3.31. The van der Waals surface area contributed by atoms with Gasteiger partial charge in [0.1, 0.15) is 0 Å². The van der Waals surface area contributed by atoms with E-state index in [1.165, 1.54) is 7.11 Å². The monoisotopic (exact) mass is 282 g/mol. The molecule has 0 aliphatic heterocycles. The van der Waals surface area contributed by atoms with Gasteiger partial charge in [0.2, 0.25) is 0 Å². The molecule has 21 heavy (non-hydrogen) atoms. The summed E-state index contributed by atoms with van der Waals surface area (Å²) < 4.78 is 4.66. The van der Waals surface area contributed by atoms with E-state index in [2.05, 4.69) is 15.0 Å². The number of rotatable bonds is 6. The molecule has 0 unspecified atom stereocenters. The van der Waals surface area contributed by atoms with Gasteiger partial charge in [0, 0.05) is 25.5 Å². The van der Waals surface area contributed by atoms with E-state index in [0.29, 0.717) is 5.56 Å². The summed E-state index contributed by atoms with van der Waals surface area (Å²) in [6.07, 6.45) is 7.67. The summed E-state index contributed by atoms with van der Waals surface area (Å²) >= 11 is 0. The summed E-state index contributed by atoms with van der Waals surface area (Å²) in [6, 6.07) is 11.3. The number of carbonyl (C=O) groups is 1. The van der Waals surface area contributed by atoms with Crippen LogP contribution in [0.25, 0.3) is 6.08 Å². The molecule has 0 radical (unpaired) electrons.